The van der Waals surface area contributed by atoms with E-state index in [0.717, 1.165) is 68.8 Å². The van der Waals surface area contributed by atoms with Gasteiger partial charge in [0, 0.05) is 43.8 Å². The Hall–Kier alpha value is -6.67. The summed E-state index contributed by atoms with van der Waals surface area (Å²) in [5, 5.41) is 26.7. The summed E-state index contributed by atoms with van der Waals surface area (Å²) in [5.74, 6) is 1.64. The lowest BCUT2D eigenvalue weighted by atomic mass is 9.77. The van der Waals surface area contributed by atoms with Crippen molar-refractivity contribution in [1.82, 2.24) is 29.8 Å². The maximum absolute atomic E-state index is 12.9. The fraction of sp³-hybridized carbons (Fsp3) is 0.152. The van der Waals surface area contributed by atoms with E-state index in [1.165, 1.54) is 0 Å². The molecule has 0 saturated carbocycles. The second-order valence-electron chi connectivity index (χ2n) is 13.6. The van der Waals surface area contributed by atoms with Gasteiger partial charge in [-0.1, -0.05) is 153 Å². The summed E-state index contributed by atoms with van der Waals surface area (Å²) in [4.78, 5) is 4.94. The van der Waals surface area contributed by atoms with Crippen molar-refractivity contribution in [2.75, 3.05) is 0 Å². The van der Waals surface area contributed by atoms with Crippen LogP contribution in [0.3, 0.4) is 0 Å². The van der Waals surface area contributed by atoms with Crippen LogP contribution < -0.4 is 4.73 Å². The molecule has 0 fully saturated rings. The minimum absolute atomic E-state index is 0.566. The maximum Gasteiger partial charge on any atom is 0.244 e. The van der Waals surface area contributed by atoms with Crippen LogP contribution in [-0.2, 0) is 18.5 Å². The fourth-order valence-corrected chi connectivity index (χ4v) is 7.44. The zero-order valence-corrected chi connectivity index (χ0v) is 30.5. The molecule has 266 valence electrons. The van der Waals surface area contributed by atoms with Gasteiger partial charge in [-0.2, -0.15) is 4.73 Å². The first-order valence-corrected chi connectivity index (χ1v) is 18.5. The molecule has 0 bridgehead atoms. The number of aromatic nitrogens is 7. The molecule has 0 amide bonds. The van der Waals surface area contributed by atoms with Crippen LogP contribution in [0.5, 0.6) is 0 Å². The summed E-state index contributed by atoms with van der Waals surface area (Å²) in [6.07, 6.45) is 4.94. The Morgan fingerprint density at radius 3 is 1.87 bits per heavy atom. The van der Waals surface area contributed by atoms with Gasteiger partial charge in [0.2, 0.25) is 5.69 Å². The molecule has 0 atom stereocenters. The van der Waals surface area contributed by atoms with E-state index in [0.29, 0.717) is 29.5 Å². The number of unbranched alkanes of at least 4 members (excludes halogenated alkanes) is 1. The summed E-state index contributed by atoms with van der Waals surface area (Å²) < 4.78 is 5.12. The molecule has 8 heteroatoms. The highest BCUT2D eigenvalue weighted by Crippen LogP contribution is 2.43. The normalized spacial score (nSPS) is 11.5. The first kappa shape index (κ1) is 34.4. The molecule has 0 aliphatic rings. The molecule has 0 spiro atoms. The lowest BCUT2D eigenvalue weighted by Crippen LogP contribution is -2.39. The second-order valence-corrected chi connectivity index (χ2v) is 13.6. The van der Waals surface area contributed by atoms with Crippen LogP contribution in [0.2, 0.25) is 0 Å². The lowest BCUT2D eigenvalue weighted by Gasteiger charge is -2.36. The van der Waals surface area contributed by atoms with Crippen molar-refractivity contribution in [2.45, 2.75) is 45.2 Å². The van der Waals surface area contributed by atoms with Crippen molar-refractivity contribution in [3.05, 3.63) is 203 Å². The molecule has 8 rings (SSSR count). The first-order chi connectivity index (χ1) is 26.6. The number of hydrogen-bond donors (Lipinski definition) is 0. The van der Waals surface area contributed by atoms with E-state index in [1.807, 2.05) is 60.3 Å². The number of imidazole rings is 1. The standard InChI is InChI=1S/C46H41N7O/c1-3-4-27-44-47-42(43-26-16-17-34(2)52(43)54)33-51(44)32-35-28-30-36(31-29-35)40-24-14-15-25-41(40)45-48-49-50-53(45)46(37-18-8-5-9-19-37,38-20-10-6-11-21-38)39-22-12-7-13-23-39/h5-26,28-31,33H,3-4,27,32H2,1-2H3. The van der Waals surface area contributed by atoms with Gasteiger partial charge in [-0.3, -0.25) is 0 Å². The number of nitrogens with zero attached hydrogens (tertiary/aromatic N) is 7. The van der Waals surface area contributed by atoms with Gasteiger partial charge in [0.1, 0.15) is 11.4 Å². The average molecular weight is 708 g/mol. The quantitative estimate of drug-likeness (QED) is 0.0719. The van der Waals surface area contributed by atoms with Gasteiger partial charge in [-0.05, 0) is 56.3 Å². The molecule has 3 aromatic heterocycles. The van der Waals surface area contributed by atoms with Crippen molar-refractivity contribution < 1.29 is 4.73 Å². The van der Waals surface area contributed by atoms with E-state index < -0.39 is 5.54 Å². The van der Waals surface area contributed by atoms with Crippen molar-refractivity contribution in [3.8, 4) is 33.9 Å². The Kier molecular flexibility index (Phi) is 9.64. The van der Waals surface area contributed by atoms with E-state index in [1.54, 1.807) is 0 Å². The molecular formula is C46H41N7O. The zero-order chi connectivity index (χ0) is 36.9. The highest BCUT2D eigenvalue weighted by Gasteiger charge is 2.42. The zero-order valence-electron chi connectivity index (χ0n) is 30.5. The van der Waals surface area contributed by atoms with Crippen LogP contribution in [-0.4, -0.2) is 29.8 Å². The average Bonchev–Trinajstić information content (AvgIpc) is 3.88. The predicted octanol–water partition coefficient (Wildman–Crippen LogP) is 9.04. The first-order valence-electron chi connectivity index (χ1n) is 18.5. The van der Waals surface area contributed by atoms with Gasteiger partial charge < -0.3 is 9.77 Å². The van der Waals surface area contributed by atoms with Crippen LogP contribution in [0.1, 0.15) is 53.5 Å². The topological polar surface area (TPSA) is 88.4 Å². The van der Waals surface area contributed by atoms with Crippen LogP contribution >= 0.6 is 0 Å². The molecule has 8 aromatic rings. The Morgan fingerprint density at radius 2 is 1.26 bits per heavy atom. The van der Waals surface area contributed by atoms with E-state index in [-0.39, 0.29) is 0 Å². The molecule has 54 heavy (non-hydrogen) atoms. The SMILES string of the molecule is CCCCc1nc(-c2cccc(C)[n+]2[O-])cn1Cc1ccc(-c2ccccc2-c2nnnn2C(c2ccccc2)(c2ccccc2)c2ccccc2)cc1. The smallest absolute Gasteiger partial charge is 0.244 e. The summed E-state index contributed by atoms with van der Waals surface area (Å²) in [5.41, 5.74) is 8.33. The van der Waals surface area contributed by atoms with E-state index in [9.17, 15) is 5.21 Å². The Bertz CT molecular complexity index is 2380. The van der Waals surface area contributed by atoms with Crippen molar-refractivity contribution in [2.24, 2.45) is 0 Å². The number of tetrazole rings is 1. The Labute approximate surface area is 315 Å². The molecule has 5 aromatic carbocycles. The van der Waals surface area contributed by atoms with Crippen molar-refractivity contribution in [1.29, 1.82) is 0 Å². The monoisotopic (exact) mass is 707 g/mol. The fourth-order valence-electron chi connectivity index (χ4n) is 7.44. The Morgan fingerprint density at radius 1 is 0.667 bits per heavy atom. The van der Waals surface area contributed by atoms with Gasteiger partial charge in [-0.25, -0.2) is 9.67 Å². The third-order valence-electron chi connectivity index (χ3n) is 10.2. The highest BCUT2D eigenvalue weighted by atomic mass is 16.5. The van der Waals surface area contributed by atoms with Gasteiger partial charge >= 0.3 is 0 Å². The molecule has 0 unspecified atom stereocenters. The van der Waals surface area contributed by atoms with E-state index >= 15 is 0 Å². The van der Waals surface area contributed by atoms with Gasteiger partial charge in [0.25, 0.3) is 0 Å². The second kappa shape index (κ2) is 15.1. The van der Waals surface area contributed by atoms with E-state index in [4.69, 9.17) is 15.3 Å². The lowest BCUT2D eigenvalue weighted by molar-refractivity contribution is -0.600. The Balaban J connectivity index is 1.19. The predicted molar refractivity (Wildman–Crippen MR) is 212 cm³/mol. The molecule has 0 saturated heterocycles. The molecule has 8 nitrogen and oxygen atoms in total. The highest BCUT2D eigenvalue weighted by molar-refractivity contribution is 5.81. The van der Waals surface area contributed by atoms with Crippen LogP contribution in [0, 0.1) is 12.1 Å². The third-order valence-corrected chi connectivity index (χ3v) is 10.2. The summed E-state index contributed by atoms with van der Waals surface area (Å²) in [7, 11) is 0. The molecule has 0 aliphatic heterocycles. The summed E-state index contributed by atoms with van der Waals surface area (Å²) >= 11 is 0. The van der Waals surface area contributed by atoms with Gasteiger partial charge in [0.05, 0.1) is 0 Å². The molecule has 3 heterocycles. The molecular weight excluding hydrogens is 667 g/mol. The molecule has 0 N–H and O–H groups in total. The third kappa shape index (κ3) is 6.36. The van der Waals surface area contributed by atoms with Crippen LogP contribution in [0.15, 0.2) is 164 Å². The molecule has 0 aliphatic carbocycles. The van der Waals surface area contributed by atoms with Crippen molar-refractivity contribution in [3.63, 3.8) is 0 Å². The summed E-state index contributed by atoms with van der Waals surface area (Å²) in [6, 6.07) is 53.9. The van der Waals surface area contributed by atoms with Gasteiger partial charge in [0.15, 0.2) is 17.2 Å². The number of benzene rings is 5. The largest absolute Gasteiger partial charge is 0.618 e. The van der Waals surface area contributed by atoms with Crippen LogP contribution in [0.25, 0.3) is 33.9 Å². The van der Waals surface area contributed by atoms with E-state index in [2.05, 4.69) is 132 Å². The number of rotatable bonds is 12. The van der Waals surface area contributed by atoms with Gasteiger partial charge in [-0.15, -0.1) is 5.10 Å². The summed E-state index contributed by atoms with van der Waals surface area (Å²) in [6.45, 7) is 4.64. The number of hydrogen-bond acceptors (Lipinski definition) is 5. The van der Waals surface area contributed by atoms with Crippen LogP contribution in [0.4, 0.5) is 0 Å². The minimum atomic E-state index is -0.859. The molecule has 0 radical (unpaired) electrons. The number of pyridine rings is 1. The van der Waals surface area contributed by atoms with Crippen molar-refractivity contribution >= 4 is 0 Å². The number of aryl methyl sites for hydroxylation is 2. The minimum Gasteiger partial charge on any atom is -0.618 e. The maximum atomic E-state index is 12.9.